The molecule has 0 radical (unpaired) electrons. The molecular weight excluding hydrogens is 384 g/mol. The van der Waals surface area contributed by atoms with Gasteiger partial charge in [-0.2, -0.15) is 5.26 Å². The van der Waals surface area contributed by atoms with E-state index in [1.807, 2.05) is 36.4 Å². The van der Waals surface area contributed by atoms with E-state index in [0.29, 0.717) is 5.69 Å². The zero-order chi connectivity index (χ0) is 21.3. The fourth-order valence-electron chi connectivity index (χ4n) is 4.06. The number of nitrogens with one attached hydrogen (secondary N) is 2. The highest BCUT2D eigenvalue weighted by Gasteiger charge is 2.37. The number of alkyl halides is 2. The Hall–Kier alpha value is -3.40. The molecule has 0 fully saturated rings. The highest BCUT2D eigenvalue weighted by atomic mass is 19.3. The van der Waals surface area contributed by atoms with Crippen molar-refractivity contribution in [1.82, 2.24) is 9.55 Å². The van der Waals surface area contributed by atoms with Gasteiger partial charge in [-0.05, 0) is 48.7 Å². The van der Waals surface area contributed by atoms with Crippen LogP contribution < -0.4 is 10.6 Å². The monoisotopic (exact) mass is 407 g/mol. The minimum atomic E-state index is -2.61. The van der Waals surface area contributed by atoms with Gasteiger partial charge in [0.2, 0.25) is 0 Å². The number of benzene rings is 1. The average molecular weight is 407 g/mol. The van der Waals surface area contributed by atoms with Crippen molar-refractivity contribution < 1.29 is 8.78 Å². The normalized spacial score (nSPS) is 17.3. The predicted molar refractivity (Wildman–Crippen MR) is 113 cm³/mol. The summed E-state index contributed by atoms with van der Waals surface area (Å²) in [5.41, 5.74) is 3.66. The van der Waals surface area contributed by atoms with Gasteiger partial charge < -0.3 is 15.2 Å². The number of nitriles is 1. The van der Waals surface area contributed by atoms with Gasteiger partial charge in [-0.25, -0.2) is 13.8 Å². The zero-order valence-corrected chi connectivity index (χ0v) is 16.9. The molecule has 4 rings (SSSR count). The van der Waals surface area contributed by atoms with E-state index in [1.165, 1.54) is 16.8 Å². The van der Waals surface area contributed by atoms with Crippen molar-refractivity contribution in [3.8, 4) is 11.8 Å². The summed E-state index contributed by atoms with van der Waals surface area (Å²) in [5, 5.41) is 16.5. The van der Waals surface area contributed by atoms with Crippen molar-refractivity contribution >= 4 is 11.5 Å². The van der Waals surface area contributed by atoms with E-state index in [9.17, 15) is 14.0 Å². The summed E-state index contributed by atoms with van der Waals surface area (Å²) in [5.74, 6) is 0.866. The summed E-state index contributed by atoms with van der Waals surface area (Å²) < 4.78 is 27.5. The van der Waals surface area contributed by atoms with Crippen LogP contribution in [0.4, 0.5) is 20.3 Å². The third-order valence-electron chi connectivity index (χ3n) is 5.49. The second kappa shape index (κ2) is 7.79. The van der Waals surface area contributed by atoms with Crippen LogP contribution in [0.25, 0.3) is 5.69 Å². The SMILES string of the molecule is CCCC1(Cc2ccc(-n3cc(C(F)F)cc3C#N)cc2)Nc2nccc(C)c2N1. The molecule has 2 aromatic heterocycles. The number of anilines is 2. The Morgan fingerprint density at radius 2 is 1.97 bits per heavy atom. The molecule has 1 aromatic carbocycles. The number of fused-ring (bicyclic) bond motifs is 1. The van der Waals surface area contributed by atoms with E-state index in [4.69, 9.17) is 0 Å². The molecule has 5 nitrogen and oxygen atoms in total. The fraction of sp³-hybridized carbons (Fsp3) is 0.304. The number of hydrogen-bond acceptors (Lipinski definition) is 4. The molecule has 0 saturated carbocycles. The van der Waals surface area contributed by atoms with Crippen LogP contribution in [-0.4, -0.2) is 15.2 Å². The van der Waals surface area contributed by atoms with Crippen molar-refractivity contribution in [2.45, 2.75) is 45.2 Å². The molecule has 0 bridgehead atoms. The smallest absolute Gasteiger partial charge is 0.265 e. The Labute approximate surface area is 174 Å². The van der Waals surface area contributed by atoms with Crippen molar-refractivity contribution in [2.75, 3.05) is 10.6 Å². The lowest BCUT2D eigenvalue weighted by Crippen LogP contribution is -2.44. The van der Waals surface area contributed by atoms with Crippen molar-refractivity contribution in [3.63, 3.8) is 0 Å². The molecule has 1 atom stereocenters. The zero-order valence-electron chi connectivity index (χ0n) is 16.9. The summed E-state index contributed by atoms with van der Waals surface area (Å²) in [4.78, 5) is 4.46. The third-order valence-corrected chi connectivity index (χ3v) is 5.49. The second-order valence-electron chi connectivity index (χ2n) is 7.72. The van der Waals surface area contributed by atoms with E-state index < -0.39 is 6.43 Å². The lowest BCUT2D eigenvalue weighted by atomic mass is 9.95. The number of pyridine rings is 1. The van der Waals surface area contributed by atoms with Crippen LogP contribution >= 0.6 is 0 Å². The Balaban J connectivity index is 1.59. The van der Waals surface area contributed by atoms with Crippen LogP contribution in [0.3, 0.4) is 0 Å². The van der Waals surface area contributed by atoms with E-state index in [1.54, 1.807) is 6.20 Å². The van der Waals surface area contributed by atoms with Crippen LogP contribution in [0.1, 0.15) is 48.6 Å². The predicted octanol–water partition coefficient (Wildman–Crippen LogP) is 5.57. The average Bonchev–Trinajstić information content (AvgIpc) is 3.31. The fourth-order valence-corrected chi connectivity index (χ4v) is 4.06. The highest BCUT2D eigenvalue weighted by molar-refractivity contribution is 5.75. The van der Waals surface area contributed by atoms with Gasteiger partial charge in [0.15, 0.2) is 5.82 Å². The van der Waals surface area contributed by atoms with Crippen LogP contribution in [-0.2, 0) is 6.42 Å². The minimum absolute atomic E-state index is 0.155. The van der Waals surface area contributed by atoms with Crippen molar-refractivity contribution in [2.24, 2.45) is 0 Å². The van der Waals surface area contributed by atoms with Gasteiger partial charge in [0.05, 0.1) is 5.69 Å². The van der Waals surface area contributed by atoms with E-state index in [0.717, 1.165) is 41.9 Å². The molecule has 3 heterocycles. The molecule has 3 aromatic rings. The van der Waals surface area contributed by atoms with Crippen LogP contribution in [0.15, 0.2) is 48.8 Å². The molecule has 0 spiro atoms. The van der Waals surface area contributed by atoms with Gasteiger partial charge >= 0.3 is 0 Å². The summed E-state index contributed by atoms with van der Waals surface area (Å²) in [7, 11) is 0. The molecule has 30 heavy (non-hydrogen) atoms. The molecule has 0 saturated heterocycles. The number of rotatable bonds is 6. The first-order valence-electron chi connectivity index (χ1n) is 9.96. The summed E-state index contributed by atoms with van der Waals surface area (Å²) in [6.07, 6.45) is 3.16. The lowest BCUT2D eigenvalue weighted by Gasteiger charge is -2.31. The van der Waals surface area contributed by atoms with E-state index >= 15 is 0 Å². The van der Waals surface area contributed by atoms with Crippen LogP contribution in [0.5, 0.6) is 0 Å². The molecule has 1 aliphatic rings. The van der Waals surface area contributed by atoms with Crippen molar-refractivity contribution in [3.05, 3.63) is 71.2 Å². The van der Waals surface area contributed by atoms with E-state index in [2.05, 4.69) is 29.5 Å². The molecule has 1 unspecified atom stereocenters. The number of nitrogens with zero attached hydrogens (tertiary/aromatic N) is 3. The number of halogens is 2. The molecular formula is C23H23F2N5. The van der Waals surface area contributed by atoms with Gasteiger partial charge in [0.25, 0.3) is 6.43 Å². The molecule has 2 N–H and O–H groups in total. The van der Waals surface area contributed by atoms with Crippen LogP contribution in [0, 0.1) is 18.3 Å². The van der Waals surface area contributed by atoms with Gasteiger partial charge in [0, 0.05) is 30.1 Å². The third kappa shape index (κ3) is 3.61. The molecule has 7 heteroatoms. The minimum Gasteiger partial charge on any atom is -0.359 e. The first kappa shape index (κ1) is 19.9. The maximum Gasteiger partial charge on any atom is 0.265 e. The maximum absolute atomic E-state index is 13.0. The highest BCUT2D eigenvalue weighted by Crippen LogP contribution is 2.38. The molecule has 154 valence electrons. The first-order valence-corrected chi connectivity index (χ1v) is 9.96. The molecule has 0 aliphatic carbocycles. The Morgan fingerprint density at radius 1 is 1.20 bits per heavy atom. The quantitative estimate of drug-likeness (QED) is 0.561. The maximum atomic E-state index is 13.0. The second-order valence-corrected chi connectivity index (χ2v) is 7.72. The summed E-state index contributed by atoms with van der Waals surface area (Å²) in [6, 6.07) is 12.9. The Bertz CT molecular complexity index is 1100. The standard InChI is InChI=1S/C23H23F2N5/c1-3-9-23(28-20-15(2)8-10-27-22(20)29-23)12-16-4-6-18(7-5-16)30-14-17(21(24)25)11-19(30)13-26/h4-8,10-11,14,21,28H,3,9,12H2,1-2H3,(H,27,29). The van der Waals surface area contributed by atoms with Gasteiger partial charge in [-0.3, -0.25) is 0 Å². The molecule has 1 aliphatic heterocycles. The number of aryl methyl sites for hydroxylation is 1. The van der Waals surface area contributed by atoms with Crippen LogP contribution in [0.2, 0.25) is 0 Å². The van der Waals surface area contributed by atoms with Gasteiger partial charge in [-0.1, -0.05) is 25.5 Å². The number of aromatic nitrogens is 2. The Kier molecular flexibility index (Phi) is 5.17. The summed E-state index contributed by atoms with van der Waals surface area (Å²) in [6.45, 7) is 4.21. The Morgan fingerprint density at radius 3 is 2.60 bits per heavy atom. The van der Waals surface area contributed by atoms with Gasteiger partial charge in [-0.15, -0.1) is 0 Å². The van der Waals surface area contributed by atoms with Gasteiger partial charge in [0.1, 0.15) is 17.4 Å². The van der Waals surface area contributed by atoms with Crippen molar-refractivity contribution in [1.29, 1.82) is 5.26 Å². The van der Waals surface area contributed by atoms with E-state index in [-0.39, 0.29) is 16.9 Å². The summed E-state index contributed by atoms with van der Waals surface area (Å²) >= 11 is 0. The topological polar surface area (TPSA) is 65.7 Å². The lowest BCUT2D eigenvalue weighted by molar-refractivity contribution is 0.151. The number of hydrogen-bond donors (Lipinski definition) is 2. The molecule has 0 amide bonds. The largest absolute Gasteiger partial charge is 0.359 e. The first-order chi connectivity index (χ1) is 14.4.